The Morgan fingerprint density at radius 3 is 2.43 bits per heavy atom. The highest BCUT2D eigenvalue weighted by atomic mass is 32.2. The standard InChI is InChI=1S/C14H23N5O2S2/c1-14(2,3)8-11(21)18-4-6-19(7-5-18)12-16-17-13(23-12)22-9-10(15)20/h4-9H2,1-3H3,(H2,15,20). The van der Waals surface area contributed by atoms with E-state index in [2.05, 4.69) is 35.9 Å². The molecule has 1 fully saturated rings. The van der Waals surface area contributed by atoms with Gasteiger partial charge in [-0.3, -0.25) is 9.59 Å². The first kappa shape index (κ1) is 18.0. The van der Waals surface area contributed by atoms with Crippen LogP contribution in [-0.4, -0.2) is 58.8 Å². The quantitative estimate of drug-likeness (QED) is 0.796. The molecule has 0 bridgehead atoms. The maximum Gasteiger partial charge on any atom is 0.227 e. The Morgan fingerprint density at radius 2 is 1.87 bits per heavy atom. The van der Waals surface area contributed by atoms with E-state index in [0.29, 0.717) is 19.5 Å². The first-order valence-electron chi connectivity index (χ1n) is 7.52. The SMILES string of the molecule is CC(C)(C)CC(=O)N1CCN(c2nnc(SCC(N)=O)s2)CC1. The maximum atomic E-state index is 12.2. The molecule has 2 amide bonds. The molecule has 0 unspecified atom stereocenters. The summed E-state index contributed by atoms with van der Waals surface area (Å²) in [6.07, 6.45) is 0.569. The largest absolute Gasteiger partial charge is 0.369 e. The van der Waals surface area contributed by atoms with Crippen molar-refractivity contribution in [2.24, 2.45) is 11.1 Å². The first-order chi connectivity index (χ1) is 10.7. The average Bonchev–Trinajstić information content (AvgIpc) is 2.92. The fourth-order valence-corrected chi connectivity index (χ4v) is 3.87. The second kappa shape index (κ2) is 7.48. The number of aromatic nitrogens is 2. The van der Waals surface area contributed by atoms with E-state index < -0.39 is 0 Å². The van der Waals surface area contributed by atoms with E-state index in [1.165, 1.54) is 23.1 Å². The monoisotopic (exact) mass is 357 g/mol. The third-order valence-electron chi connectivity index (χ3n) is 3.32. The molecule has 1 aliphatic rings. The number of piperazine rings is 1. The van der Waals surface area contributed by atoms with Crippen molar-refractivity contribution >= 4 is 40.0 Å². The third-order valence-corrected chi connectivity index (χ3v) is 5.46. The molecule has 1 saturated heterocycles. The summed E-state index contributed by atoms with van der Waals surface area (Å²) in [5, 5.41) is 9.07. The van der Waals surface area contributed by atoms with Gasteiger partial charge in [0.2, 0.25) is 16.9 Å². The Bertz CT molecular complexity index is 562. The first-order valence-corrected chi connectivity index (χ1v) is 9.32. The van der Waals surface area contributed by atoms with E-state index >= 15 is 0 Å². The maximum absolute atomic E-state index is 12.2. The van der Waals surface area contributed by atoms with Gasteiger partial charge in [-0.15, -0.1) is 10.2 Å². The number of nitrogens with zero attached hydrogens (tertiary/aromatic N) is 4. The van der Waals surface area contributed by atoms with Crippen LogP contribution >= 0.6 is 23.1 Å². The molecule has 2 heterocycles. The van der Waals surface area contributed by atoms with Crippen LogP contribution in [0.1, 0.15) is 27.2 Å². The number of carbonyl (C=O) groups is 2. The lowest BCUT2D eigenvalue weighted by molar-refractivity contribution is -0.133. The van der Waals surface area contributed by atoms with Gasteiger partial charge in [0.15, 0.2) is 4.34 Å². The molecule has 9 heteroatoms. The molecule has 1 aromatic rings. The number of amides is 2. The predicted octanol–water partition coefficient (Wildman–Crippen LogP) is 1.20. The minimum Gasteiger partial charge on any atom is -0.369 e. The Labute approximate surface area is 144 Å². The van der Waals surface area contributed by atoms with E-state index in [9.17, 15) is 9.59 Å². The molecule has 0 saturated carbocycles. The number of hydrogen-bond donors (Lipinski definition) is 1. The van der Waals surface area contributed by atoms with Crippen LogP contribution in [0.15, 0.2) is 4.34 Å². The highest BCUT2D eigenvalue weighted by Crippen LogP contribution is 2.28. The molecule has 0 radical (unpaired) electrons. The normalized spacial score (nSPS) is 15.8. The minimum atomic E-state index is -0.363. The molecule has 2 rings (SSSR count). The van der Waals surface area contributed by atoms with Gasteiger partial charge in [0.05, 0.1) is 5.75 Å². The molecule has 2 N–H and O–H groups in total. The Balaban J connectivity index is 1.84. The average molecular weight is 358 g/mol. The van der Waals surface area contributed by atoms with Crippen molar-refractivity contribution in [3.63, 3.8) is 0 Å². The molecule has 0 spiro atoms. The van der Waals surface area contributed by atoms with Crippen LogP contribution in [-0.2, 0) is 9.59 Å². The molecule has 128 valence electrons. The summed E-state index contributed by atoms with van der Waals surface area (Å²) in [5.41, 5.74) is 5.14. The number of primary amides is 1. The number of rotatable bonds is 5. The van der Waals surface area contributed by atoms with Crippen molar-refractivity contribution in [1.29, 1.82) is 0 Å². The van der Waals surface area contributed by atoms with Crippen molar-refractivity contribution in [2.45, 2.75) is 31.5 Å². The van der Waals surface area contributed by atoms with Crippen LogP contribution in [0.25, 0.3) is 0 Å². The number of carbonyl (C=O) groups excluding carboxylic acids is 2. The summed E-state index contributed by atoms with van der Waals surface area (Å²) < 4.78 is 0.741. The Hall–Kier alpha value is -1.35. The van der Waals surface area contributed by atoms with E-state index in [1.54, 1.807) is 0 Å². The van der Waals surface area contributed by atoms with Crippen LogP contribution in [0.5, 0.6) is 0 Å². The fraction of sp³-hybridized carbons (Fsp3) is 0.714. The van der Waals surface area contributed by atoms with E-state index in [-0.39, 0.29) is 23.0 Å². The zero-order valence-electron chi connectivity index (χ0n) is 13.7. The smallest absolute Gasteiger partial charge is 0.227 e. The molecule has 0 atom stereocenters. The van der Waals surface area contributed by atoms with Gasteiger partial charge in [0, 0.05) is 32.6 Å². The highest BCUT2D eigenvalue weighted by Gasteiger charge is 2.26. The molecule has 0 aliphatic carbocycles. The van der Waals surface area contributed by atoms with Crippen LogP contribution in [0.4, 0.5) is 5.13 Å². The van der Waals surface area contributed by atoms with E-state index in [1.807, 2.05) is 4.90 Å². The third kappa shape index (κ3) is 5.65. The zero-order chi connectivity index (χ0) is 17.0. The molecular formula is C14H23N5O2S2. The molecular weight excluding hydrogens is 334 g/mol. The van der Waals surface area contributed by atoms with Gasteiger partial charge in [0.1, 0.15) is 0 Å². The van der Waals surface area contributed by atoms with Crippen molar-refractivity contribution in [2.75, 3.05) is 36.8 Å². The lowest BCUT2D eigenvalue weighted by atomic mass is 9.91. The number of nitrogens with two attached hydrogens (primary N) is 1. The molecule has 7 nitrogen and oxygen atoms in total. The Morgan fingerprint density at radius 1 is 1.22 bits per heavy atom. The van der Waals surface area contributed by atoms with Crippen LogP contribution in [0, 0.1) is 5.41 Å². The van der Waals surface area contributed by atoms with Crippen LogP contribution in [0.2, 0.25) is 0 Å². The summed E-state index contributed by atoms with van der Waals surface area (Å²) in [6, 6.07) is 0. The van der Waals surface area contributed by atoms with Crippen LogP contribution in [0.3, 0.4) is 0 Å². The highest BCUT2D eigenvalue weighted by molar-refractivity contribution is 8.01. The van der Waals surface area contributed by atoms with E-state index in [4.69, 9.17) is 5.73 Å². The predicted molar refractivity (Wildman–Crippen MR) is 92.7 cm³/mol. The molecule has 0 aromatic carbocycles. The zero-order valence-corrected chi connectivity index (χ0v) is 15.4. The lowest BCUT2D eigenvalue weighted by Crippen LogP contribution is -2.49. The van der Waals surface area contributed by atoms with Crippen molar-refractivity contribution in [3.8, 4) is 0 Å². The van der Waals surface area contributed by atoms with Gasteiger partial charge in [-0.05, 0) is 5.41 Å². The lowest BCUT2D eigenvalue weighted by Gasteiger charge is -2.35. The summed E-state index contributed by atoms with van der Waals surface area (Å²) >= 11 is 2.76. The minimum absolute atomic E-state index is 0.0139. The second-order valence-corrected chi connectivity index (χ2v) is 8.89. The molecule has 1 aliphatic heterocycles. The van der Waals surface area contributed by atoms with Gasteiger partial charge in [0.25, 0.3) is 0 Å². The summed E-state index contributed by atoms with van der Waals surface area (Å²) in [5.74, 6) is 0.0637. The molecule has 1 aromatic heterocycles. The van der Waals surface area contributed by atoms with Gasteiger partial charge < -0.3 is 15.5 Å². The van der Waals surface area contributed by atoms with Crippen molar-refractivity contribution in [1.82, 2.24) is 15.1 Å². The van der Waals surface area contributed by atoms with Gasteiger partial charge in [-0.2, -0.15) is 0 Å². The summed E-state index contributed by atoms with van der Waals surface area (Å²) in [7, 11) is 0. The number of thioether (sulfide) groups is 1. The Kier molecular flexibility index (Phi) is 5.85. The van der Waals surface area contributed by atoms with Crippen molar-refractivity contribution in [3.05, 3.63) is 0 Å². The number of anilines is 1. The molecule has 23 heavy (non-hydrogen) atoms. The summed E-state index contributed by atoms with van der Waals surface area (Å²) in [4.78, 5) is 27.1. The topological polar surface area (TPSA) is 92.4 Å². The van der Waals surface area contributed by atoms with Gasteiger partial charge in [-0.25, -0.2) is 0 Å². The van der Waals surface area contributed by atoms with E-state index in [0.717, 1.165) is 22.6 Å². The van der Waals surface area contributed by atoms with Gasteiger partial charge >= 0.3 is 0 Å². The summed E-state index contributed by atoms with van der Waals surface area (Å²) in [6.45, 7) is 9.15. The fourth-order valence-electron chi connectivity index (χ4n) is 2.23. The van der Waals surface area contributed by atoms with Gasteiger partial charge in [-0.1, -0.05) is 43.9 Å². The van der Waals surface area contributed by atoms with Crippen molar-refractivity contribution < 1.29 is 9.59 Å². The second-order valence-electron chi connectivity index (χ2n) is 6.71. The number of hydrogen-bond acceptors (Lipinski definition) is 7. The van der Waals surface area contributed by atoms with Crippen LogP contribution < -0.4 is 10.6 Å².